The van der Waals surface area contributed by atoms with Crippen LogP contribution in [0, 0.1) is 0 Å². The summed E-state index contributed by atoms with van der Waals surface area (Å²) in [7, 11) is 0. The van der Waals surface area contributed by atoms with E-state index in [-0.39, 0.29) is 12.2 Å². The standard InChI is InChI=1S/C15H13F3N2O3/c16-15(17,18)9-23-14-12(5-2-6-19-14)13(22)20-11-4-1-3-10(7-11)8-21/h1-7,21H,8-9H2,(H,20,22). The zero-order chi connectivity index (χ0) is 16.9. The number of nitrogens with one attached hydrogen (secondary N) is 1. The largest absolute Gasteiger partial charge is 0.467 e. The highest BCUT2D eigenvalue weighted by Crippen LogP contribution is 2.21. The lowest BCUT2D eigenvalue weighted by Crippen LogP contribution is -2.22. The van der Waals surface area contributed by atoms with E-state index in [0.29, 0.717) is 11.3 Å². The van der Waals surface area contributed by atoms with E-state index in [1.807, 2.05) is 0 Å². The molecular weight excluding hydrogens is 313 g/mol. The van der Waals surface area contributed by atoms with Crippen LogP contribution >= 0.6 is 0 Å². The summed E-state index contributed by atoms with van der Waals surface area (Å²) in [5.74, 6) is -1.06. The SMILES string of the molecule is O=C(Nc1cccc(CO)c1)c1cccnc1OCC(F)(F)F. The first-order valence-electron chi connectivity index (χ1n) is 6.55. The maximum atomic E-state index is 12.2. The molecule has 8 heteroatoms. The number of benzene rings is 1. The molecule has 23 heavy (non-hydrogen) atoms. The molecule has 5 nitrogen and oxygen atoms in total. The summed E-state index contributed by atoms with van der Waals surface area (Å²) in [4.78, 5) is 15.8. The van der Waals surface area contributed by atoms with Crippen molar-refractivity contribution in [2.45, 2.75) is 12.8 Å². The average Bonchev–Trinajstić information content (AvgIpc) is 2.52. The van der Waals surface area contributed by atoms with E-state index in [9.17, 15) is 18.0 Å². The number of aromatic nitrogens is 1. The molecular formula is C15H13F3N2O3. The van der Waals surface area contributed by atoms with E-state index in [1.54, 1.807) is 24.3 Å². The molecule has 0 saturated heterocycles. The van der Waals surface area contributed by atoms with Crippen molar-refractivity contribution >= 4 is 11.6 Å². The molecule has 0 bridgehead atoms. The Morgan fingerprint density at radius 2 is 2.04 bits per heavy atom. The van der Waals surface area contributed by atoms with Crippen molar-refractivity contribution in [2.75, 3.05) is 11.9 Å². The van der Waals surface area contributed by atoms with Crippen LogP contribution < -0.4 is 10.1 Å². The van der Waals surface area contributed by atoms with Gasteiger partial charge in [-0.1, -0.05) is 12.1 Å². The van der Waals surface area contributed by atoms with Crippen LogP contribution in [0.15, 0.2) is 42.6 Å². The van der Waals surface area contributed by atoms with Gasteiger partial charge in [-0.15, -0.1) is 0 Å². The molecule has 0 atom stereocenters. The molecule has 1 heterocycles. The molecule has 1 amide bonds. The average molecular weight is 326 g/mol. The molecule has 2 N–H and O–H groups in total. The number of rotatable bonds is 5. The van der Waals surface area contributed by atoms with Crippen LogP contribution in [-0.4, -0.2) is 28.8 Å². The zero-order valence-electron chi connectivity index (χ0n) is 11.8. The van der Waals surface area contributed by atoms with Crippen LogP contribution in [-0.2, 0) is 6.61 Å². The van der Waals surface area contributed by atoms with Crippen molar-refractivity contribution in [1.82, 2.24) is 4.98 Å². The Balaban J connectivity index is 2.15. The van der Waals surface area contributed by atoms with Gasteiger partial charge in [0.1, 0.15) is 5.56 Å². The second-order valence-electron chi connectivity index (χ2n) is 4.57. The number of alkyl halides is 3. The van der Waals surface area contributed by atoms with Gasteiger partial charge in [-0.3, -0.25) is 4.79 Å². The molecule has 0 aliphatic carbocycles. The Labute approximate surface area is 129 Å². The molecule has 0 radical (unpaired) electrons. The maximum Gasteiger partial charge on any atom is 0.422 e. The zero-order valence-corrected chi connectivity index (χ0v) is 11.8. The van der Waals surface area contributed by atoms with E-state index < -0.39 is 24.6 Å². The number of aliphatic hydroxyl groups excluding tert-OH is 1. The topological polar surface area (TPSA) is 71.5 Å². The lowest BCUT2D eigenvalue weighted by atomic mass is 10.2. The lowest BCUT2D eigenvalue weighted by Gasteiger charge is -2.12. The summed E-state index contributed by atoms with van der Waals surface area (Å²) in [6, 6.07) is 9.15. The molecule has 0 unspecified atom stereocenters. The number of aliphatic hydroxyl groups is 1. The predicted octanol–water partition coefficient (Wildman–Crippen LogP) is 2.77. The first-order chi connectivity index (χ1) is 10.9. The van der Waals surface area contributed by atoms with E-state index >= 15 is 0 Å². The second kappa shape index (κ2) is 7.10. The molecule has 0 spiro atoms. The number of pyridine rings is 1. The van der Waals surface area contributed by atoms with E-state index in [0.717, 1.165) is 0 Å². The van der Waals surface area contributed by atoms with Gasteiger partial charge >= 0.3 is 6.18 Å². The number of hydrogen-bond donors (Lipinski definition) is 2. The third-order valence-electron chi connectivity index (χ3n) is 2.76. The van der Waals surface area contributed by atoms with Crippen molar-refractivity contribution in [3.63, 3.8) is 0 Å². The number of nitrogens with zero attached hydrogens (tertiary/aromatic N) is 1. The minimum atomic E-state index is -4.53. The third-order valence-corrected chi connectivity index (χ3v) is 2.76. The van der Waals surface area contributed by atoms with Gasteiger partial charge in [0.2, 0.25) is 5.88 Å². The summed E-state index contributed by atoms with van der Waals surface area (Å²) < 4.78 is 41.3. The van der Waals surface area contributed by atoms with Crippen molar-refractivity contribution < 1.29 is 27.8 Å². The number of carbonyl (C=O) groups excluding carboxylic acids is 1. The van der Waals surface area contributed by atoms with E-state index in [2.05, 4.69) is 15.0 Å². The van der Waals surface area contributed by atoms with Crippen molar-refractivity contribution in [3.8, 4) is 5.88 Å². The molecule has 122 valence electrons. The molecule has 0 aliphatic rings. The van der Waals surface area contributed by atoms with Crippen molar-refractivity contribution in [2.24, 2.45) is 0 Å². The quantitative estimate of drug-likeness (QED) is 0.886. The van der Waals surface area contributed by atoms with Crippen LogP contribution in [0.2, 0.25) is 0 Å². The molecule has 0 fully saturated rings. The molecule has 0 saturated carbocycles. The van der Waals surface area contributed by atoms with Gasteiger partial charge in [0.25, 0.3) is 5.91 Å². The smallest absolute Gasteiger partial charge is 0.422 e. The lowest BCUT2D eigenvalue weighted by molar-refractivity contribution is -0.154. The maximum absolute atomic E-state index is 12.2. The van der Waals surface area contributed by atoms with Crippen LogP contribution in [0.4, 0.5) is 18.9 Å². The minimum Gasteiger partial charge on any atom is -0.467 e. The molecule has 1 aromatic heterocycles. The van der Waals surface area contributed by atoms with E-state index in [1.165, 1.54) is 18.3 Å². The molecule has 0 aliphatic heterocycles. The Hall–Kier alpha value is -2.61. The Bertz CT molecular complexity index is 690. The summed E-state index contributed by atoms with van der Waals surface area (Å²) in [5, 5.41) is 11.6. The number of hydrogen-bond acceptors (Lipinski definition) is 4. The number of anilines is 1. The van der Waals surface area contributed by atoms with Gasteiger partial charge < -0.3 is 15.2 Å². The fourth-order valence-corrected chi connectivity index (χ4v) is 1.77. The molecule has 2 aromatic rings. The fourth-order valence-electron chi connectivity index (χ4n) is 1.77. The highest BCUT2D eigenvalue weighted by atomic mass is 19.4. The monoisotopic (exact) mass is 326 g/mol. The summed E-state index contributed by atoms with van der Waals surface area (Å²) in [6.45, 7) is -1.74. The summed E-state index contributed by atoms with van der Waals surface area (Å²) in [5.41, 5.74) is 0.862. The third kappa shape index (κ3) is 4.96. The highest BCUT2D eigenvalue weighted by molar-refractivity contribution is 6.05. The number of carbonyl (C=O) groups is 1. The van der Waals surface area contributed by atoms with Gasteiger partial charge in [0.05, 0.1) is 6.61 Å². The van der Waals surface area contributed by atoms with Crippen molar-refractivity contribution in [1.29, 1.82) is 0 Å². The molecule has 1 aromatic carbocycles. The van der Waals surface area contributed by atoms with Crippen LogP contribution in [0.5, 0.6) is 5.88 Å². The number of amides is 1. The number of ether oxygens (including phenoxy) is 1. The van der Waals surface area contributed by atoms with Gasteiger partial charge in [-0.25, -0.2) is 4.98 Å². The first kappa shape index (κ1) is 16.8. The normalized spacial score (nSPS) is 11.1. The predicted molar refractivity (Wildman–Crippen MR) is 76.1 cm³/mol. The van der Waals surface area contributed by atoms with Crippen molar-refractivity contribution in [3.05, 3.63) is 53.7 Å². The van der Waals surface area contributed by atoms with Crippen LogP contribution in [0.1, 0.15) is 15.9 Å². The number of halogens is 3. The second-order valence-corrected chi connectivity index (χ2v) is 4.57. The van der Waals surface area contributed by atoms with Gasteiger partial charge in [0.15, 0.2) is 6.61 Å². The minimum absolute atomic E-state index is 0.119. The highest BCUT2D eigenvalue weighted by Gasteiger charge is 2.29. The summed E-state index contributed by atoms with van der Waals surface area (Å²) in [6.07, 6.45) is -3.30. The van der Waals surface area contributed by atoms with Gasteiger partial charge in [-0.05, 0) is 29.8 Å². The fraction of sp³-hybridized carbons (Fsp3) is 0.200. The first-order valence-corrected chi connectivity index (χ1v) is 6.55. The van der Waals surface area contributed by atoms with Crippen LogP contribution in [0.3, 0.4) is 0 Å². The van der Waals surface area contributed by atoms with Crippen LogP contribution in [0.25, 0.3) is 0 Å². The molecule has 2 rings (SSSR count). The Morgan fingerprint density at radius 1 is 1.26 bits per heavy atom. The Kier molecular flexibility index (Phi) is 5.17. The van der Waals surface area contributed by atoms with E-state index in [4.69, 9.17) is 5.11 Å². The Morgan fingerprint density at radius 3 is 2.74 bits per heavy atom. The van der Waals surface area contributed by atoms with Gasteiger partial charge in [0, 0.05) is 11.9 Å². The van der Waals surface area contributed by atoms with Gasteiger partial charge in [-0.2, -0.15) is 13.2 Å². The summed E-state index contributed by atoms with van der Waals surface area (Å²) >= 11 is 0.